The summed E-state index contributed by atoms with van der Waals surface area (Å²) in [4.78, 5) is 30.0. The maximum Gasteiger partial charge on any atom is 0.270 e. The number of nitrogens with zero attached hydrogens (tertiary/aromatic N) is 1. The summed E-state index contributed by atoms with van der Waals surface area (Å²) >= 11 is 0. The number of carbonyl (C=O) groups excluding carboxylic acids is 2. The van der Waals surface area contributed by atoms with Crippen molar-refractivity contribution in [3.63, 3.8) is 0 Å². The van der Waals surface area contributed by atoms with Crippen LogP contribution in [0.1, 0.15) is 65.2 Å². The molecule has 2 heterocycles. The van der Waals surface area contributed by atoms with Crippen LogP contribution in [-0.4, -0.2) is 55.9 Å². The number of hydrogen-bond donors (Lipinski definition) is 2. The summed E-state index contributed by atoms with van der Waals surface area (Å²) in [5.41, 5.74) is 2.67. The Morgan fingerprint density at radius 2 is 2.04 bits per heavy atom. The summed E-state index contributed by atoms with van der Waals surface area (Å²) < 4.78 is 25.1. The molecule has 26 heavy (non-hydrogen) atoms. The van der Waals surface area contributed by atoms with Gasteiger partial charge in [-0.2, -0.15) is 0 Å². The van der Waals surface area contributed by atoms with Crippen molar-refractivity contribution in [3.8, 4) is 0 Å². The fourth-order valence-electron chi connectivity index (χ4n) is 3.68. The van der Waals surface area contributed by atoms with Crippen LogP contribution in [0.4, 0.5) is 0 Å². The molecule has 0 saturated carbocycles. The monoisotopic (exact) mass is 383 g/mol. The third-order valence-corrected chi connectivity index (χ3v) is 5.49. The predicted molar refractivity (Wildman–Crippen MR) is 101 cm³/mol. The van der Waals surface area contributed by atoms with Crippen LogP contribution in [-0.2, 0) is 16.4 Å². The Balaban J connectivity index is 2.20. The fraction of sp³-hybridized carbons (Fsp3) is 0.667. The fourth-order valence-corrected chi connectivity index (χ4v) is 4.22. The first-order valence-electron chi connectivity index (χ1n) is 9.10. The lowest BCUT2D eigenvalue weighted by Gasteiger charge is -2.32. The van der Waals surface area contributed by atoms with Gasteiger partial charge in [-0.15, -0.1) is 0 Å². The van der Waals surface area contributed by atoms with Crippen LogP contribution in [0.3, 0.4) is 0 Å². The van der Waals surface area contributed by atoms with E-state index in [-0.39, 0.29) is 17.6 Å². The van der Waals surface area contributed by atoms with Gasteiger partial charge in [0.1, 0.15) is 5.69 Å². The van der Waals surface area contributed by atoms with Gasteiger partial charge in [0, 0.05) is 30.9 Å². The zero-order valence-electron chi connectivity index (χ0n) is 16.0. The second-order valence-corrected chi connectivity index (χ2v) is 9.00. The van der Waals surface area contributed by atoms with Gasteiger partial charge in [0.25, 0.3) is 5.91 Å². The number of aryl methyl sites for hydroxylation is 1. The number of carbonyl (C=O) groups is 2. The molecule has 1 aromatic rings. The molecular formula is C18H29N3O4S. The van der Waals surface area contributed by atoms with Gasteiger partial charge in [0.05, 0.1) is 6.26 Å². The number of hydrogen-bond acceptors (Lipinski definition) is 4. The highest BCUT2D eigenvalue weighted by Crippen LogP contribution is 2.25. The predicted octanol–water partition coefficient (Wildman–Crippen LogP) is 1.88. The first-order chi connectivity index (χ1) is 12.1. The number of nitrogens with one attached hydrogen (secondary N) is 2. The van der Waals surface area contributed by atoms with Gasteiger partial charge >= 0.3 is 0 Å². The van der Waals surface area contributed by atoms with Gasteiger partial charge in [-0.05, 0) is 44.6 Å². The van der Waals surface area contributed by atoms with Gasteiger partial charge < -0.3 is 9.88 Å². The minimum Gasteiger partial charge on any atom is -0.354 e. The van der Waals surface area contributed by atoms with E-state index < -0.39 is 10.0 Å². The molecule has 0 bridgehead atoms. The molecule has 1 fully saturated rings. The van der Waals surface area contributed by atoms with E-state index in [0.29, 0.717) is 37.3 Å². The van der Waals surface area contributed by atoms with E-state index in [9.17, 15) is 18.0 Å². The highest BCUT2D eigenvalue weighted by atomic mass is 32.2. The van der Waals surface area contributed by atoms with Crippen LogP contribution < -0.4 is 4.72 Å². The highest BCUT2D eigenvalue weighted by Gasteiger charge is 2.29. The standard InChI is InChI=1S/C18H29N3O4S/c1-5-7-15-16(13(3)22)12(2)20-17(15)18(23)21-9-6-8-14(11-21)10-19-26(4,24)25/h14,19-20H,5-11H2,1-4H3/t14-/m0/s1. The molecule has 1 amide bonds. The molecule has 0 unspecified atom stereocenters. The van der Waals surface area contributed by atoms with Crippen molar-refractivity contribution in [1.82, 2.24) is 14.6 Å². The number of aromatic nitrogens is 1. The van der Waals surface area contributed by atoms with E-state index in [1.807, 2.05) is 13.8 Å². The lowest BCUT2D eigenvalue weighted by Crippen LogP contribution is -2.44. The normalized spacial score (nSPS) is 18.2. The van der Waals surface area contributed by atoms with Crippen molar-refractivity contribution in [2.75, 3.05) is 25.9 Å². The summed E-state index contributed by atoms with van der Waals surface area (Å²) in [5.74, 6) is -0.0383. The van der Waals surface area contributed by atoms with Crippen LogP contribution >= 0.6 is 0 Å². The third kappa shape index (κ3) is 4.94. The smallest absolute Gasteiger partial charge is 0.270 e. The number of sulfonamides is 1. The van der Waals surface area contributed by atoms with E-state index in [1.165, 1.54) is 6.92 Å². The number of piperidine rings is 1. The van der Waals surface area contributed by atoms with Crippen LogP contribution in [0.2, 0.25) is 0 Å². The Morgan fingerprint density at radius 3 is 2.62 bits per heavy atom. The molecule has 2 rings (SSSR count). The second kappa shape index (κ2) is 8.35. The van der Waals surface area contributed by atoms with Crippen LogP contribution in [0, 0.1) is 12.8 Å². The molecule has 1 atom stereocenters. The molecule has 1 saturated heterocycles. The molecule has 0 radical (unpaired) electrons. The molecule has 0 aromatic carbocycles. The molecule has 1 aromatic heterocycles. The second-order valence-electron chi connectivity index (χ2n) is 7.16. The number of aromatic amines is 1. The molecule has 1 aliphatic rings. The van der Waals surface area contributed by atoms with Crippen molar-refractivity contribution in [2.45, 2.75) is 46.5 Å². The van der Waals surface area contributed by atoms with E-state index in [1.54, 1.807) is 4.90 Å². The van der Waals surface area contributed by atoms with Gasteiger partial charge in [-0.1, -0.05) is 13.3 Å². The Bertz CT molecular complexity index is 783. The topological polar surface area (TPSA) is 99.3 Å². The SMILES string of the molecule is CCCc1c(C(=O)N2CCC[C@@H](CNS(C)(=O)=O)C2)[nH]c(C)c1C(C)=O. The van der Waals surface area contributed by atoms with Crippen LogP contribution in [0.25, 0.3) is 0 Å². The molecule has 7 nitrogen and oxygen atoms in total. The minimum atomic E-state index is -3.24. The van der Waals surface area contributed by atoms with Gasteiger partial charge in [-0.25, -0.2) is 13.1 Å². The summed E-state index contributed by atoms with van der Waals surface area (Å²) in [6.45, 7) is 6.87. The Kier molecular flexibility index (Phi) is 6.63. The highest BCUT2D eigenvalue weighted by molar-refractivity contribution is 7.88. The van der Waals surface area contributed by atoms with Crippen molar-refractivity contribution in [2.24, 2.45) is 5.92 Å². The number of Topliss-reactive ketones (excluding diaryl/α,β-unsaturated/α-hetero) is 1. The van der Waals surface area contributed by atoms with E-state index >= 15 is 0 Å². The van der Waals surface area contributed by atoms with E-state index in [2.05, 4.69) is 9.71 Å². The van der Waals surface area contributed by atoms with Crippen LogP contribution in [0.5, 0.6) is 0 Å². The van der Waals surface area contributed by atoms with E-state index in [0.717, 1.165) is 36.8 Å². The van der Waals surface area contributed by atoms with E-state index in [4.69, 9.17) is 0 Å². The first kappa shape index (κ1) is 20.6. The lowest BCUT2D eigenvalue weighted by molar-refractivity contribution is 0.0670. The number of ketones is 1. The maximum atomic E-state index is 13.1. The van der Waals surface area contributed by atoms with Gasteiger partial charge in [0.15, 0.2) is 5.78 Å². The molecule has 2 N–H and O–H groups in total. The maximum absolute atomic E-state index is 13.1. The molecule has 146 valence electrons. The van der Waals surface area contributed by atoms with Crippen LogP contribution in [0.15, 0.2) is 0 Å². The Morgan fingerprint density at radius 1 is 1.35 bits per heavy atom. The van der Waals surface area contributed by atoms with Crippen molar-refractivity contribution < 1.29 is 18.0 Å². The number of H-pyrrole nitrogens is 1. The molecular weight excluding hydrogens is 354 g/mol. The Labute approximate surface area is 155 Å². The quantitative estimate of drug-likeness (QED) is 0.702. The number of rotatable bonds is 7. The summed E-state index contributed by atoms with van der Waals surface area (Å²) in [6, 6.07) is 0. The first-order valence-corrected chi connectivity index (χ1v) is 11.0. The average molecular weight is 384 g/mol. The summed E-state index contributed by atoms with van der Waals surface area (Å²) in [6.07, 6.45) is 4.38. The number of amides is 1. The zero-order valence-corrected chi connectivity index (χ0v) is 16.8. The van der Waals surface area contributed by atoms with Crippen molar-refractivity contribution in [3.05, 3.63) is 22.5 Å². The third-order valence-electron chi connectivity index (χ3n) is 4.80. The van der Waals surface area contributed by atoms with Crippen molar-refractivity contribution in [1.29, 1.82) is 0 Å². The minimum absolute atomic E-state index is 0.0323. The van der Waals surface area contributed by atoms with Gasteiger partial charge in [-0.3, -0.25) is 9.59 Å². The average Bonchev–Trinajstić information content (AvgIpc) is 2.89. The largest absolute Gasteiger partial charge is 0.354 e. The molecule has 1 aliphatic heterocycles. The molecule has 0 spiro atoms. The molecule has 8 heteroatoms. The lowest BCUT2D eigenvalue weighted by atomic mass is 9.97. The summed E-state index contributed by atoms with van der Waals surface area (Å²) in [7, 11) is -3.24. The van der Waals surface area contributed by atoms with Gasteiger partial charge in [0.2, 0.25) is 10.0 Å². The number of likely N-dealkylation sites (tertiary alicyclic amines) is 1. The molecule has 0 aliphatic carbocycles. The Hall–Kier alpha value is -1.67. The summed E-state index contributed by atoms with van der Waals surface area (Å²) in [5, 5.41) is 0. The van der Waals surface area contributed by atoms with Crippen molar-refractivity contribution >= 4 is 21.7 Å². The zero-order chi connectivity index (χ0) is 19.5.